The van der Waals surface area contributed by atoms with Crippen LogP contribution in [-0.4, -0.2) is 41.3 Å². The number of benzene rings is 1. The van der Waals surface area contributed by atoms with Crippen molar-refractivity contribution in [2.75, 3.05) is 36.5 Å². The fourth-order valence-corrected chi connectivity index (χ4v) is 4.76. The summed E-state index contributed by atoms with van der Waals surface area (Å²) in [6, 6.07) is 12.4. The smallest absolute Gasteiger partial charge is 0.187 e. The van der Waals surface area contributed by atoms with Gasteiger partial charge >= 0.3 is 0 Å². The maximum Gasteiger partial charge on any atom is 0.187 e. The number of pyridine rings is 1. The molecule has 29 heavy (non-hydrogen) atoms. The van der Waals surface area contributed by atoms with Gasteiger partial charge in [0.25, 0.3) is 0 Å². The first kappa shape index (κ1) is 18.2. The predicted octanol–water partition coefficient (Wildman–Crippen LogP) is 4.91. The molecule has 0 spiro atoms. The normalized spacial score (nSPS) is 14.1. The molecule has 1 aliphatic rings. The molecule has 1 N–H and O–H groups in total. The van der Waals surface area contributed by atoms with E-state index in [1.54, 1.807) is 35.1 Å². The summed E-state index contributed by atoms with van der Waals surface area (Å²) in [5.41, 5.74) is 5.17. The van der Waals surface area contributed by atoms with Crippen LogP contribution in [0.5, 0.6) is 0 Å². The molecule has 3 aromatic heterocycles. The first-order valence-corrected chi connectivity index (χ1v) is 11.1. The lowest BCUT2D eigenvalue weighted by molar-refractivity contribution is 0.122. The average Bonchev–Trinajstić information content (AvgIpc) is 3.45. The van der Waals surface area contributed by atoms with Gasteiger partial charge < -0.3 is 15.0 Å². The average molecular weight is 422 g/mol. The lowest BCUT2D eigenvalue weighted by Crippen LogP contribution is -2.36. The second-order valence-corrected chi connectivity index (χ2v) is 8.30. The summed E-state index contributed by atoms with van der Waals surface area (Å²) < 4.78 is 5.42. The Balaban J connectivity index is 1.27. The number of rotatable bonds is 5. The summed E-state index contributed by atoms with van der Waals surface area (Å²) in [6.07, 6.45) is 3.56. The number of morpholine rings is 1. The van der Waals surface area contributed by atoms with Crippen molar-refractivity contribution in [3.8, 4) is 22.0 Å². The van der Waals surface area contributed by atoms with Crippen molar-refractivity contribution >= 4 is 39.2 Å². The Morgan fingerprint density at radius 2 is 1.62 bits per heavy atom. The summed E-state index contributed by atoms with van der Waals surface area (Å²) in [5.74, 6) is 0. The molecule has 0 aliphatic carbocycles. The van der Waals surface area contributed by atoms with E-state index in [0.717, 1.165) is 59.1 Å². The first-order valence-electron chi connectivity index (χ1n) is 9.37. The molecule has 0 saturated carbocycles. The molecule has 1 aromatic carbocycles. The lowest BCUT2D eigenvalue weighted by Gasteiger charge is -2.28. The number of anilines is 3. The molecule has 0 unspecified atom stereocenters. The van der Waals surface area contributed by atoms with Gasteiger partial charge in [0.15, 0.2) is 5.13 Å². The molecular weight excluding hydrogens is 402 g/mol. The molecular formula is C21H19N5OS2. The Morgan fingerprint density at radius 1 is 0.862 bits per heavy atom. The number of nitrogens with zero attached hydrogens (tertiary/aromatic N) is 4. The summed E-state index contributed by atoms with van der Waals surface area (Å²) in [6.45, 7) is 3.47. The van der Waals surface area contributed by atoms with Gasteiger partial charge in [-0.05, 0) is 36.4 Å². The van der Waals surface area contributed by atoms with Gasteiger partial charge in [-0.3, -0.25) is 4.98 Å². The second-order valence-electron chi connectivity index (χ2n) is 6.58. The number of ether oxygens (including phenoxy) is 1. The lowest BCUT2D eigenvalue weighted by atomic mass is 10.2. The fraction of sp³-hybridized carbons (Fsp3) is 0.190. The van der Waals surface area contributed by atoms with Crippen LogP contribution in [-0.2, 0) is 4.74 Å². The Labute approximate surface area is 176 Å². The van der Waals surface area contributed by atoms with Gasteiger partial charge in [0.05, 0.1) is 18.9 Å². The molecule has 1 fully saturated rings. The molecule has 4 aromatic rings. The SMILES string of the molecule is c1cc(-c2csc(-c3csc(Nc4ccc(N5CCOCC5)cc4)n3)n2)ccn1. The highest BCUT2D eigenvalue weighted by atomic mass is 32.1. The Hall–Kier alpha value is -2.81. The Kier molecular flexibility index (Phi) is 5.21. The van der Waals surface area contributed by atoms with E-state index in [2.05, 4.69) is 44.8 Å². The number of thiazole rings is 2. The summed E-state index contributed by atoms with van der Waals surface area (Å²) in [5, 5.41) is 9.27. The Morgan fingerprint density at radius 3 is 2.41 bits per heavy atom. The van der Waals surface area contributed by atoms with Crippen molar-refractivity contribution in [1.29, 1.82) is 0 Å². The van der Waals surface area contributed by atoms with E-state index in [-0.39, 0.29) is 0 Å². The van der Waals surface area contributed by atoms with Crippen molar-refractivity contribution in [3.05, 3.63) is 59.6 Å². The van der Waals surface area contributed by atoms with Crippen molar-refractivity contribution in [2.24, 2.45) is 0 Å². The van der Waals surface area contributed by atoms with Crippen LogP contribution in [0.4, 0.5) is 16.5 Å². The molecule has 0 bridgehead atoms. The molecule has 5 rings (SSSR count). The predicted molar refractivity (Wildman–Crippen MR) is 119 cm³/mol. The maximum atomic E-state index is 5.42. The zero-order chi connectivity index (χ0) is 19.5. The van der Waals surface area contributed by atoms with E-state index in [9.17, 15) is 0 Å². The van der Waals surface area contributed by atoms with Crippen LogP contribution in [0.15, 0.2) is 59.6 Å². The number of hydrogen-bond donors (Lipinski definition) is 1. The highest BCUT2D eigenvalue weighted by Crippen LogP contribution is 2.32. The van der Waals surface area contributed by atoms with Crippen LogP contribution in [0.3, 0.4) is 0 Å². The highest BCUT2D eigenvalue weighted by molar-refractivity contribution is 7.15. The number of aromatic nitrogens is 3. The minimum atomic E-state index is 0.793. The molecule has 4 heterocycles. The third-order valence-electron chi connectivity index (χ3n) is 4.70. The molecule has 1 aliphatic heterocycles. The van der Waals surface area contributed by atoms with Crippen LogP contribution in [0.1, 0.15) is 0 Å². The van der Waals surface area contributed by atoms with Crippen LogP contribution in [0.2, 0.25) is 0 Å². The van der Waals surface area contributed by atoms with Gasteiger partial charge in [-0.1, -0.05) is 0 Å². The van der Waals surface area contributed by atoms with E-state index in [1.165, 1.54) is 5.69 Å². The number of nitrogens with one attached hydrogen (secondary N) is 1. The minimum Gasteiger partial charge on any atom is -0.378 e. The van der Waals surface area contributed by atoms with Crippen molar-refractivity contribution < 1.29 is 4.74 Å². The van der Waals surface area contributed by atoms with Crippen molar-refractivity contribution in [2.45, 2.75) is 0 Å². The Bertz CT molecular complexity index is 1070. The quantitative estimate of drug-likeness (QED) is 0.494. The third-order valence-corrected chi connectivity index (χ3v) is 6.32. The van der Waals surface area contributed by atoms with Crippen LogP contribution >= 0.6 is 22.7 Å². The number of hydrogen-bond acceptors (Lipinski definition) is 8. The third kappa shape index (κ3) is 4.14. The minimum absolute atomic E-state index is 0.793. The van der Waals surface area contributed by atoms with E-state index >= 15 is 0 Å². The zero-order valence-electron chi connectivity index (χ0n) is 15.6. The first-order chi connectivity index (χ1) is 14.3. The standard InChI is InChI=1S/C21H19N5OS2/c1-3-17(26-9-11-27-12-10-26)4-2-16(1)23-21-25-19(14-29-21)20-24-18(13-28-20)15-5-7-22-8-6-15/h1-8,13-14H,9-12H2,(H,23,25). The highest BCUT2D eigenvalue weighted by Gasteiger charge is 2.12. The topological polar surface area (TPSA) is 63.2 Å². The summed E-state index contributed by atoms with van der Waals surface area (Å²) in [4.78, 5) is 15.8. The summed E-state index contributed by atoms with van der Waals surface area (Å²) in [7, 11) is 0. The van der Waals surface area contributed by atoms with E-state index in [4.69, 9.17) is 14.7 Å². The molecule has 0 atom stereocenters. The van der Waals surface area contributed by atoms with Gasteiger partial charge in [-0.25, -0.2) is 9.97 Å². The fourth-order valence-electron chi connectivity index (χ4n) is 3.18. The van der Waals surface area contributed by atoms with Gasteiger partial charge in [0, 0.05) is 53.2 Å². The molecule has 8 heteroatoms. The van der Waals surface area contributed by atoms with E-state index in [0.29, 0.717) is 0 Å². The van der Waals surface area contributed by atoms with Crippen LogP contribution in [0, 0.1) is 0 Å². The van der Waals surface area contributed by atoms with Crippen LogP contribution < -0.4 is 10.2 Å². The van der Waals surface area contributed by atoms with Gasteiger partial charge in [-0.2, -0.15) is 0 Å². The van der Waals surface area contributed by atoms with Gasteiger partial charge in [-0.15, -0.1) is 22.7 Å². The van der Waals surface area contributed by atoms with Crippen LogP contribution in [0.25, 0.3) is 22.0 Å². The van der Waals surface area contributed by atoms with E-state index < -0.39 is 0 Å². The molecule has 0 amide bonds. The van der Waals surface area contributed by atoms with Crippen molar-refractivity contribution in [3.63, 3.8) is 0 Å². The largest absolute Gasteiger partial charge is 0.378 e. The zero-order valence-corrected chi connectivity index (χ0v) is 17.2. The van der Waals surface area contributed by atoms with Gasteiger partial charge in [0.1, 0.15) is 10.7 Å². The molecule has 6 nitrogen and oxygen atoms in total. The van der Waals surface area contributed by atoms with Crippen molar-refractivity contribution in [1.82, 2.24) is 15.0 Å². The molecule has 146 valence electrons. The summed E-state index contributed by atoms with van der Waals surface area (Å²) >= 11 is 3.19. The molecule has 1 saturated heterocycles. The van der Waals surface area contributed by atoms with Gasteiger partial charge in [0.2, 0.25) is 0 Å². The second kappa shape index (κ2) is 8.28. The molecule has 0 radical (unpaired) electrons. The maximum absolute atomic E-state index is 5.42. The monoisotopic (exact) mass is 421 g/mol. The van der Waals surface area contributed by atoms with E-state index in [1.807, 2.05) is 17.5 Å².